The summed E-state index contributed by atoms with van der Waals surface area (Å²) < 4.78 is 0. The summed E-state index contributed by atoms with van der Waals surface area (Å²) >= 11 is 0. The van der Waals surface area contributed by atoms with Crippen LogP contribution in [-0.4, -0.2) is 50.1 Å². The molecule has 2 nitrogen and oxygen atoms in total. The Labute approximate surface area is 107 Å². The van der Waals surface area contributed by atoms with Crippen molar-refractivity contribution in [3.63, 3.8) is 0 Å². The Bertz CT molecular complexity index is 213. The van der Waals surface area contributed by atoms with Gasteiger partial charge in [0.1, 0.15) is 0 Å². The highest BCUT2D eigenvalue weighted by Crippen LogP contribution is 2.32. The lowest BCUT2D eigenvalue weighted by molar-refractivity contribution is 0.140. The fourth-order valence-corrected chi connectivity index (χ4v) is 3.61. The first-order valence-electron chi connectivity index (χ1n) is 7.52. The van der Waals surface area contributed by atoms with Crippen LogP contribution in [0.25, 0.3) is 0 Å². The first-order chi connectivity index (χ1) is 8.15. The first kappa shape index (κ1) is 13.4. The number of nitrogens with zero attached hydrogens (tertiary/aromatic N) is 2. The van der Waals surface area contributed by atoms with E-state index in [-0.39, 0.29) is 0 Å². The molecule has 1 atom stereocenters. The largest absolute Gasteiger partial charge is 0.306 e. The van der Waals surface area contributed by atoms with Crippen LogP contribution in [0.4, 0.5) is 0 Å². The molecule has 2 aliphatic rings. The maximum absolute atomic E-state index is 2.51. The average Bonchev–Trinajstić information content (AvgIpc) is 2.33. The molecule has 2 heteroatoms. The van der Waals surface area contributed by atoms with Crippen LogP contribution in [0.15, 0.2) is 0 Å². The molecule has 100 valence electrons. The van der Waals surface area contributed by atoms with Gasteiger partial charge in [-0.25, -0.2) is 0 Å². The molecule has 0 aromatic heterocycles. The van der Waals surface area contributed by atoms with Gasteiger partial charge in [-0.05, 0) is 90.1 Å². The third-order valence-corrected chi connectivity index (χ3v) is 5.11. The molecule has 0 bridgehead atoms. The van der Waals surface area contributed by atoms with Gasteiger partial charge in [-0.1, -0.05) is 6.92 Å². The Hall–Kier alpha value is -0.0800. The second kappa shape index (κ2) is 6.19. The lowest BCUT2D eigenvalue weighted by Crippen LogP contribution is -2.35. The number of likely N-dealkylation sites (tertiary alicyclic amines) is 2. The topological polar surface area (TPSA) is 6.48 Å². The highest BCUT2D eigenvalue weighted by molar-refractivity contribution is 4.78. The second-order valence-corrected chi connectivity index (χ2v) is 6.60. The van der Waals surface area contributed by atoms with E-state index >= 15 is 0 Å². The van der Waals surface area contributed by atoms with Gasteiger partial charge < -0.3 is 9.80 Å². The van der Waals surface area contributed by atoms with E-state index in [0.717, 1.165) is 17.8 Å². The number of hydrogen-bond donors (Lipinski definition) is 0. The molecule has 0 amide bonds. The Morgan fingerprint density at radius 3 is 1.88 bits per heavy atom. The van der Waals surface area contributed by atoms with Gasteiger partial charge in [-0.2, -0.15) is 0 Å². The molecule has 0 N–H and O–H groups in total. The van der Waals surface area contributed by atoms with E-state index in [1.54, 1.807) is 0 Å². The molecule has 0 saturated carbocycles. The highest BCUT2D eigenvalue weighted by Gasteiger charge is 2.25. The zero-order valence-corrected chi connectivity index (χ0v) is 12.0. The molecule has 2 saturated heterocycles. The summed E-state index contributed by atoms with van der Waals surface area (Å²) in [6, 6.07) is 0. The number of hydrogen-bond acceptors (Lipinski definition) is 2. The lowest BCUT2D eigenvalue weighted by atomic mass is 9.78. The van der Waals surface area contributed by atoms with E-state index < -0.39 is 0 Å². The van der Waals surface area contributed by atoms with Gasteiger partial charge >= 0.3 is 0 Å². The molecule has 0 aromatic rings. The monoisotopic (exact) mass is 238 g/mol. The van der Waals surface area contributed by atoms with Crippen molar-refractivity contribution in [1.29, 1.82) is 0 Å². The minimum atomic E-state index is 0.956. The van der Waals surface area contributed by atoms with Crippen molar-refractivity contribution < 1.29 is 0 Å². The van der Waals surface area contributed by atoms with E-state index in [4.69, 9.17) is 0 Å². The summed E-state index contributed by atoms with van der Waals surface area (Å²) in [7, 11) is 4.52. The fraction of sp³-hybridized carbons (Fsp3) is 1.00. The van der Waals surface area contributed by atoms with Crippen LogP contribution in [0.2, 0.25) is 0 Å². The van der Waals surface area contributed by atoms with Gasteiger partial charge in [0.25, 0.3) is 0 Å². The zero-order chi connectivity index (χ0) is 12.3. The quantitative estimate of drug-likeness (QED) is 0.746. The van der Waals surface area contributed by atoms with E-state index in [1.165, 1.54) is 58.3 Å². The molecule has 2 heterocycles. The van der Waals surface area contributed by atoms with E-state index in [0.29, 0.717) is 0 Å². The highest BCUT2D eigenvalue weighted by atomic mass is 15.1. The van der Waals surface area contributed by atoms with Crippen LogP contribution in [0.3, 0.4) is 0 Å². The van der Waals surface area contributed by atoms with Crippen molar-refractivity contribution in [1.82, 2.24) is 9.80 Å². The summed E-state index contributed by atoms with van der Waals surface area (Å²) in [6.07, 6.45) is 7.23. The van der Waals surface area contributed by atoms with Crippen molar-refractivity contribution in [2.24, 2.45) is 17.8 Å². The summed E-state index contributed by atoms with van der Waals surface area (Å²) in [5.41, 5.74) is 0. The van der Waals surface area contributed by atoms with Gasteiger partial charge in [0, 0.05) is 0 Å². The molecular weight excluding hydrogens is 208 g/mol. The fourth-order valence-electron chi connectivity index (χ4n) is 3.61. The van der Waals surface area contributed by atoms with Crippen molar-refractivity contribution in [2.75, 3.05) is 40.3 Å². The zero-order valence-electron chi connectivity index (χ0n) is 12.0. The first-order valence-corrected chi connectivity index (χ1v) is 7.52. The Morgan fingerprint density at radius 2 is 1.35 bits per heavy atom. The van der Waals surface area contributed by atoms with E-state index in [9.17, 15) is 0 Å². The maximum atomic E-state index is 2.51. The van der Waals surface area contributed by atoms with Gasteiger partial charge in [0.2, 0.25) is 0 Å². The Kier molecular flexibility index (Phi) is 4.87. The van der Waals surface area contributed by atoms with Crippen LogP contribution in [0.5, 0.6) is 0 Å². The lowest BCUT2D eigenvalue weighted by Gasteiger charge is -2.36. The molecule has 0 aliphatic carbocycles. The average molecular weight is 238 g/mol. The molecule has 0 aromatic carbocycles. The van der Waals surface area contributed by atoms with Crippen molar-refractivity contribution in [2.45, 2.75) is 39.0 Å². The smallest absolute Gasteiger partial charge is 0.00190 e. The standard InChI is InChI=1S/C15H30N2/c1-13(15-6-10-17(3)11-7-15)12-14-4-8-16(2)9-5-14/h13-15H,4-12H2,1-3H3. The maximum Gasteiger partial charge on any atom is -0.00190 e. The predicted molar refractivity (Wildman–Crippen MR) is 74.2 cm³/mol. The van der Waals surface area contributed by atoms with Crippen LogP contribution < -0.4 is 0 Å². The summed E-state index contributed by atoms with van der Waals surface area (Å²) in [5, 5.41) is 0. The molecule has 2 rings (SSSR count). The minimum absolute atomic E-state index is 0.956. The molecule has 0 radical (unpaired) electrons. The Morgan fingerprint density at radius 1 is 0.882 bits per heavy atom. The van der Waals surface area contributed by atoms with Gasteiger partial charge in [0.15, 0.2) is 0 Å². The third kappa shape index (κ3) is 3.96. The van der Waals surface area contributed by atoms with Crippen LogP contribution >= 0.6 is 0 Å². The van der Waals surface area contributed by atoms with Crippen molar-refractivity contribution >= 4 is 0 Å². The minimum Gasteiger partial charge on any atom is -0.306 e. The third-order valence-electron chi connectivity index (χ3n) is 5.11. The Balaban J connectivity index is 1.71. The normalized spacial score (nSPS) is 28.4. The molecule has 0 spiro atoms. The predicted octanol–water partition coefficient (Wildman–Crippen LogP) is 2.70. The SMILES string of the molecule is CC(CC1CCN(C)CC1)C1CCN(C)CC1. The molecule has 17 heavy (non-hydrogen) atoms. The van der Waals surface area contributed by atoms with Crippen LogP contribution in [0, 0.1) is 17.8 Å². The van der Waals surface area contributed by atoms with Gasteiger partial charge in [-0.15, -0.1) is 0 Å². The van der Waals surface area contributed by atoms with Crippen LogP contribution in [0.1, 0.15) is 39.0 Å². The number of rotatable bonds is 3. The molecule has 2 fully saturated rings. The van der Waals surface area contributed by atoms with Gasteiger partial charge in [-0.3, -0.25) is 0 Å². The summed E-state index contributed by atoms with van der Waals surface area (Å²) in [5.74, 6) is 2.98. The van der Waals surface area contributed by atoms with Crippen molar-refractivity contribution in [3.8, 4) is 0 Å². The van der Waals surface area contributed by atoms with Crippen LogP contribution in [-0.2, 0) is 0 Å². The second-order valence-electron chi connectivity index (χ2n) is 6.60. The molecule has 1 unspecified atom stereocenters. The van der Waals surface area contributed by atoms with E-state index in [2.05, 4.69) is 30.8 Å². The summed E-state index contributed by atoms with van der Waals surface area (Å²) in [4.78, 5) is 4.97. The molecular formula is C15H30N2. The van der Waals surface area contributed by atoms with Crippen molar-refractivity contribution in [3.05, 3.63) is 0 Å². The van der Waals surface area contributed by atoms with Gasteiger partial charge in [0.05, 0.1) is 0 Å². The number of piperidine rings is 2. The summed E-state index contributed by atoms with van der Waals surface area (Å²) in [6.45, 7) is 7.80. The molecule has 2 aliphatic heterocycles. The van der Waals surface area contributed by atoms with E-state index in [1.807, 2.05) is 0 Å².